The molecule has 0 atom stereocenters. The number of likely N-dealkylation sites (N-methyl/N-ethyl adjacent to an activating group) is 1. The smallest absolute Gasteiger partial charge is 0.0596 e. The van der Waals surface area contributed by atoms with Crippen molar-refractivity contribution in [1.29, 1.82) is 0 Å². The molecule has 3 nitrogen and oxygen atoms in total. The van der Waals surface area contributed by atoms with Gasteiger partial charge in [-0.1, -0.05) is 0 Å². The molecule has 1 heterocycles. The Kier molecular flexibility index (Phi) is 6.12. The maximum atomic E-state index is 5.65. The van der Waals surface area contributed by atoms with Gasteiger partial charge in [-0.25, -0.2) is 0 Å². The van der Waals surface area contributed by atoms with E-state index in [1.807, 2.05) is 0 Å². The molecule has 0 saturated heterocycles. The molecule has 0 amide bonds. The van der Waals surface area contributed by atoms with Crippen molar-refractivity contribution in [2.75, 3.05) is 20.2 Å². The third kappa shape index (κ3) is 5.17. The lowest BCUT2D eigenvalue weighted by atomic mass is 10.2. The Morgan fingerprint density at radius 3 is 2.71 bits per heavy atom. The van der Waals surface area contributed by atoms with E-state index in [1.165, 1.54) is 15.3 Å². The summed E-state index contributed by atoms with van der Waals surface area (Å²) in [6.45, 7) is 9.67. The number of rotatable bonds is 7. The Morgan fingerprint density at radius 1 is 1.47 bits per heavy atom. The van der Waals surface area contributed by atoms with Gasteiger partial charge in [0.25, 0.3) is 0 Å². The summed E-state index contributed by atoms with van der Waals surface area (Å²) in [4.78, 5) is 4.93. The molecular weight excluding hydrogens is 232 g/mol. The average molecular weight is 256 g/mol. The summed E-state index contributed by atoms with van der Waals surface area (Å²) in [5.41, 5.74) is 7.04. The Hall–Kier alpha value is -0.420. The van der Waals surface area contributed by atoms with Crippen molar-refractivity contribution < 1.29 is 4.74 Å². The van der Waals surface area contributed by atoms with Gasteiger partial charge in [-0.2, -0.15) is 0 Å². The summed E-state index contributed by atoms with van der Waals surface area (Å²) < 4.78 is 5.55. The van der Waals surface area contributed by atoms with Crippen LogP contribution in [0.25, 0.3) is 0 Å². The largest absolute Gasteiger partial charge is 0.377 e. The molecule has 0 aliphatic heterocycles. The number of nitrogens with two attached hydrogens (primary N) is 1. The topological polar surface area (TPSA) is 38.5 Å². The van der Waals surface area contributed by atoms with Crippen LogP contribution in [0.15, 0.2) is 6.07 Å². The van der Waals surface area contributed by atoms with Gasteiger partial charge in [-0.05, 0) is 39.4 Å². The number of ether oxygens (including phenoxy) is 1. The van der Waals surface area contributed by atoms with Crippen molar-refractivity contribution >= 4 is 11.3 Å². The zero-order chi connectivity index (χ0) is 12.8. The quantitative estimate of drug-likeness (QED) is 0.814. The molecule has 0 aromatic carbocycles. The summed E-state index contributed by atoms with van der Waals surface area (Å²) in [6, 6.07) is 2.22. The lowest BCUT2D eigenvalue weighted by Gasteiger charge is -2.17. The van der Waals surface area contributed by atoms with Crippen LogP contribution in [0, 0.1) is 6.92 Å². The average Bonchev–Trinajstić information content (AvgIpc) is 2.59. The molecule has 0 unspecified atom stereocenters. The van der Waals surface area contributed by atoms with Gasteiger partial charge in [0.05, 0.1) is 12.7 Å². The lowest BCUT2D eigenvalue weighted by Crippen LogP contribution is -2.24. The zero-order valence-corrected chi connectivity index (χ0v) is 12.1. The standard InChI is InChI=1S/C13H24N2OS/c1-10(2)16-6-5-15(4)9-12-7-13(8-14)17-11(12)3/h7,10H,5-6,8-9,14H2,1-4H3. The van der Waals surface area contributed by atoms with Gasteiger partial charge in [-0.15, -0.1) is 11.3 Å². The van der Waals surface area contributed by atoms with E-state index in [-0.39, 0.29) is 0 Å². The fourth-order valence-electron chi connectivity index (χ4n) is 1.66. The van der Waals surface area contributed by atoms with Crippen molar-refractivity contribution in [2.45, 2.75) is 40.0 Å². The van der Waals surface area contributed by atoms with Gasteiger partial charge in [-0.3, -0.25) is 4.90 Å². The van der Waals surface area contributed by atoms with E-state index in [0.717, 1.165) is 19.7 Å². The molecule has 0 aliphatic carbocycles. The Bertz CT molecular complexity index is 336. The van der Waals surface area contributed by atoms with E-state index in [9.17, 15) is 0 Å². The number of aryl methyl sites for hydroxylation is 1. The Morgan fingerprint density at radius 2 is 2.18 bits per heavy atom. The first-order valence-electron chi connectivity index (χ1n) is 6.11. The van der Waals surface area contributed by atoms with Crippen LogP contribution < -0.4 is 5.73 Å². The second-order valence-electron chi connectivity index (χ2n) is 4.66. The molecule has 98 valence electrons. The van der Waals surface area contributed by atoms with Crippen LogP contribution in [-0.2, 0) is 17.8 Å². The maximum absolute atomic E-state index is 5.65. The van der Waals surface area contributed by atoms with E-state index >= 15 is 0 Å². The van der Waals surface area contributed by atoms with Gasteiger partial charge >= 0.3 is 0 Å². The first-order valence-corrected chi connectivity index (χ1v) is 6.93. The first-order chi connectivity index (χ1) is 8.02. The van der Waals surface area contributed by atoms with Crippen LogP contribution in [0.5, 0.6) is 0 Å². The van der Waals surface area contributed by atoms with Crippen molar-refractivity contribution in [3.63, 3.8) is 0 Å². The molecule has 1 rings (SSSR count). The molecule has 0 spiro atoms. The highest BCUT2D eigenvalue weighted by Crippen LogP contribution is 2.22. The maximum Gasteiger partial charge on any atom is 0.0596 e. The molecule has 0 fully saturated rings. The lowest BCUT2D eigenvalue weighted by molar-refractivity contribution is 0.0627. The molecular formula is C13H24N2OS. The molecule has 4 heteroatoms. The van der Waals surface area contributed by atoms with Crippen LogP contribution >= 0.6 is 11.3 Å². The minimum atomic E-state index is 0.315. The third-order valence-electron chi connectivity index (χ3n) is 2.64. The summed E-state index contributed by atoms with van der Waals surface area (Å²) in [5, 5.41) is 0. The molecule has 1 aromatic heterocycles. The highest BCUT2D eigenvalue weighted by Gasteiger charge is 2.07. The molecule has 0 bridgehead atoms. The minimum absolute atomic E-state index is 0.315. The second kappa shape index (κ2) is 7.11. The molecule has 1 aromatic rings. The molecule has 2 N–H and O–H groups in total. The number of hydrogen-bond donors (Lipinski definition) is 1. The van der Waals surface area contributed by atoms with Crippen molar-refractivity contribution in [2.24, 2.45) is 5.73 Å². The highest BCUT2D eigenvalue weighted by atomic mass is 32.1. The van der Waals surface area contributed by atoms with E-state index in [2.05, 4.69) is 38.8 Å². The predicted octanol–water partition coefficient (Wildman–Crippen LogP) is 2.37. The predicted molar refractivity (Wildman–Crippen MR) is 74.4 cm³/mol. The van der Waals surface area contributed by atoms with Crippen LogP contribution in [0.2, 0.25) is 0 Å². The Balaban J connectivity index is 2.39. The number of nitrogens with zero attached hydrogens (tertiary/aromatic N) is 1. The minimum Gasteiger partial charge on any atom is -0.377 e. The van der Waals surface area contributed by atoms with E-state index in [0.29, 0.717) is 12.6 Å². The SMILES string of the molecule is Cc1sc(CN)cc1CN(C)CCOC(C)C. The second-order valence-corrected chi connectivity index (χ2v) is 6.00. The number of thiophene rings is 1. The van der Waals surface area contributed by atoms with Crippen LogP contribution in [0.3, 0.4) is 0 Å². The van der Waals surface area contributed by atoms with Gasteiger partial charge in [0.15, 0.2) is 0 Å². The first kappa shape index (κ1) is 14.6. The van der Waals surface area contributed by atoms with Crippen molar-refractivity contribution in [3.8, 4) is 0 Å². The Labute approximate surface area is 109 Å². The summed E-state index contributed by atoms with van der Waals surface area (Å²) in [5.74, 6) is 0. The van der Waals surface area contributed by atoms with Gasteiger partial charge in [0.1, 0.15) is 0 Å². The number of hydrogen-bond acceptors (Lipinski definition) is 4. The zero-order valence-electron chi connectivity index (χ0n) is 11.3. The summed E-state index contributed by atoms with van der Waals surface area (Å²) in [6.07, 6.45) is 0.315. The van der Waals surface area contributed by atoms with E-state index in [4.69, 9.17) is 10.5 Å². The van der Waals surface area contributed by atoms with Crippen LogP contribution in [0.1, 0.15) is 29.2 Å². The third-order valence-corrected chi connectivity index (χ3v) is 3.75. The summed E-state index contributed by atoms with van der Waals surface area (Å²) >= 11 is 1.80. The fourth-order valence-corrected chi connectivity index (χ4v) is 2.59. The normalized spacial score (nSPS) is 11.7. The van der Waals surface area contributed by atoms with Gasteiger partial charge in [0.2, 0.25) is 0 Å². The van der Waals surface area contributed by atoms with E-state index in [1.54, 1.807) is 11.3 Å². The fraction of sp³-hybridized carbons (Fsp3) is 0.692. The molecule has 0 saturated carbocycles. The molecule has 0 radical (unpaired) electrons. The van der Waals surface area contributed by atoms with Crippen molar-refractivity contribution in [1.82, 2.24) is 4.90 Å². The van der Waals surface area contributed by atoms with Crippen LogP contribution in [0.4, 0.5) is 0 Å². The van der Waals surface area contributed by atoms with Crippen molar-refractivity contribution in [3.05, 3.63) is 21.4 Å². The van der Waals surface area contributed by atoms with Gasteiger partial charge in [0, 0.05) is 29.4 Å². The summed E-state index contributed by atoms with van der Waals surface area (Å²) in [7, 11) is 2.13. The van der Waals surface area contributed by atoms with Crippen LogP contribution in [-0.4, -0.2) is 31.2 Å². The molecule has 17 heavy (non-hydrogen) atoms. The highest BCUT2D eigenvalue weighted by molar-refractivity contribution is 7.12. The monoisotopic (exact) mass is 256 g/mol. The molecule has 0 aliphatic rings. The van der Waals surface area contributed by atoms with E-state index < -0.39 is 0 Å². The van der Waals surface area contributed by atoms with Gasteiger partial charge < -0.3 is 10.5 Å².